The average Bonchev–Trinajstić information content (AvgIpc) is 2.03. The van der Waals surface area contributed by atoms with Crippen molar-refractivity contribution in [1.82, 2.24) is 5.73 Å². The van der Waals surface area contributed by atoms with Gasteiger partial charge in [0.15, 0.2) is 6.61 Å². The number of rotatable bonds is 0. The lowest BCUT2D eigenvalue weighted by atomic mass is 10.2. The zero-order valence-corrected chi connectivity index (χ0v) is 6.26. The van der Waals surface area contributed by atoms with E-state index < -0.39 is 0 Å². The lowest BCUT2D eigenvalue weighted by Crippen LogP contribution is -2.25. The van der Waals surface area contributed by atoms with Crippen LogP contribution in [0.3, 0.4) is 0 Å². The number of ether oxygens (including phenoxy) is 1. The van der Waals surface area contributed by atoms with Crippen LogP contribution in [-0.4, -0.2) is 12.5 Å². The van der Waals surface area contributed by atoms with Crippen molar-refractivity contribution in [1.29, 1.82) is 0 Å². The van der Waals surface area contributed by atoms with E-state index in [2.05, 4.69) is 5.32 Å². The molecule has 1 aliphatic heterocycles. The molecule has 61 valence electrons. The zero-order valence-electron chi connectivity index (χ0n) is 6.26. The third-order valence-corrected chi connectivity index (χ3v) is 1.61. The van der Waals surface area contributed by atoms with Crippen LogP contribution < -0.4 is 15.8 Å². The number of nitrogens with one attached hydrogen (secondary N) is 2. The zero-order chi connectivity index (χ0) is 8.55. The molecule has 0 saturated carbocycles. The smallest absolute Gasteiger partial charge is 0.262 e. The van der Waals surface area contributed by atoms with E-state index in [-0.39, 0.29) is 12.5 Å². The minimum absolute atomic E-state index is 0.0599. The Labute approximate surface area is 69.3 Å². The van der Waals surface area contributed by atoms with Crippen molar-refractivity contribution >= 4 is 17.3 Å². The molecule has 2 rings (SSSR count). The van der Waals surface area contributed by atoms with E-state index in [1.165, 1.54) is 0 Å². The lowest BCUT2D eigenvalue weighted by molar-refractivity contribution is -0.118. The van der Waals surface area contributed by atoms with Crippen molar-refractivity contribution in [2.75, 3.05) is 11.9 Å². The van der Waals surface area contributed by atoms with Gasteiger partial charge in [0.25, 0.3) is 5.91 Å². The molecule has 0 aromatic heterocycles. The molecule has 0 spiro atoms. The van der Waals surface area contributed by atoms with Crippen LogP contribution in [0, 0.1) is 0 Å². The van der Waals surface area contributed by atoms with Gasteiger partial charge in [0.1, 0.15) is 5.75 Å². The largest absolute Gasteiger partial charge is 0.482 e. The van der Waals surface area contributed by atoms with Gasteiger partial charge in [-0.2, -0.15) is 0 Å². The molecule has 1 aliphatic rings. The molecule has 0 atom stereocenters. The molecule has 4 nitrogen and oxygen atoms in total. The Bertz CT molecular complexity index is 336. The fourth-order valence-electron chi connectivity index (χ4n) is 1.08. The van der Waals surface area contributed by atoms with Gasteiger partial charge in [-0.1, -0.05) is 0 Å². The summed E-state index contributed by atoms with van der Waals surface area (Å²) < 4.78 is 5.10. The SMILES string of the molecule is [NH]c1ccc2c(c1)NC(=O)CO2. The topological polar surface area (TPSA) is 62.1 Å². The quantitative estimate of drug-likeness (QED) is 0.618. The molecule has 0 unspecified atom stereocenters. The first-order chi connectivity index (χ1) is 5.75. The fraction of sp³-hybridized carbons (Fsp3) is 0.125. The van der Waals surface area contributed by atoms with Gasteiger partial charge in [0.05, 0.1) is 11.4 Å². The van der Waals surface area contributed by atoms with Gasteiger partial charge in [-0.05, 0) is 18.2 Å². The van der Waals surface area contributed by atoms with Crippen LogP contribution in [0.4, 0.5) is 11.4 Å². The van der Waals surface area contributed by atoms with Crippen molar-refractivity contribution in [3.05, 3.63) is 18.2 Å². The molecular formula is C8H7N2O2. The Kier molecular flexibility index (Phi) is 1.40. The maximum Gasteiger partial charge on any atom is 0.262 e. The summed E-state index contributed by atoms with van der Waals surface area (Å²) >= 11 is 0. The highest BCUT2D eigenvalue weighted by Gasteiger charge is 2.14. The second-order valence-corrected chi connectivity index (χ2v) is 2.55. The van der Waals surface area contributed by atoms with Gasteiger partial charge in [0.2, 0.25) is 0 Å². The van der Waals surface area contributed by atoms with E-state index in [1.54, 1.807) is 18.2 Å². The summed E-state index contributed by atoms with van der Waals surface area (Å²) in [5.74, 6) is 0.457. The molecule has 1 amide bonds. The van der Waals surface area contributed by atoms with Gasteiger partial charge < -0.3 is 15.8 Å². The molecule has 0 bridgehead atoms. The van der Waals surface area contributed by atoms with Crippen molar-refractivity contribution < 1.29 is 9.53 Å². The summed E-state index contributed by atoms with van der Waals surface area (Å²) in [5.41, 5.74) is 8.24. The Balaban J connectivity index is 2.44. The van der Waals surface area contributed by atoms with Crippen LogP contribution in [-0.2, 0) is 4.79 Å². The monoisotopic (exact) mass is 163 g/mol. The summed E-state index contributed by atoms with van der Waals surface area (Å²) in [6.07, 6.45) is 0. The number of hydrogen-bond donors (Lipinski definition) is 1. The summed E-state index contributed by atoms with van der Waals surface area (Å²) in [5, 5.41) is 2.62. The molecule has 12 heavy (non-hydrogen) atoms. The van der Waals surface area contributed by atoms with E-state index in [0.717, 1.165) is 0 Å². The maximum absolute atomic E-state index is 10.8. The first-order valence-electron chi connectivity index (χ1n) is 3.54. The summed E-state index contributed by atoms with van der Waals surface area (Å²) in [6.45, 7) is 0.0599. The van der Waals surface area contributed by atoms with E-state index >= 15 is 0 Å². The molecular weight excluding hydrogens is 156 g/mol. The predicted octanol–water partition coefficient (Wildman–Crippen LogP) is 0.932. The van der Waals surface area contributed by atoms with Gasteiger partial charge in [-0.3, -0.25) is 4.79 Å². The number of carbonyl (C=O) groups is 1. The van der Waals surface area contributed by atoms with Crippen molar-refractivity contribution in [3.8, 4) is 5.75 Å². The molecule has 0 fully saturated rings. The third-order valence-electron chi connectivity index (χ3n) is 1.61. The van der Waals surface area contributed by atoms with Gasteiger partial charge in [-0.25, -0.2) is 0 Å². The number of carbonyl (C=O) groups excluding carboxylic acids is 1. The Morgan fingerprint density at radius 1 is 1.50 bits per heavy atom. The maximum atomic E-state index is 10.8. The summed E-state index contributed by atoms with van der Waals surface area (Å²) in [4.78, 5) is 10.8. The van der Waals surface area contributed by atoms with E-state index in [0.29, 0.717) is 17.1 Å². The van der Waals surface area contributed by atoms with Crippen LogP contribution in [0.5, 0.6) is 5.75 Å². The molecule has 1 aromatic carbocycles. The highest BCUT2D eigenvalue weighted by atomic mass is 16.5. The molecule has 0 saturated heterocycles. The van der Waals surface area contributed by atoms with Gasteiger partial charge >= 0.3 is 0 Å². The highest BCUT2D eigenvalue weighted by Crippen LogP contribution is 2.29. The molecule has 4 heteroatoms. The van der Waals surface area contributed by atoms with Crippen molar-refractivity contribution in [2.45, 2.75) is 0 Å². The van der Waals surface area contributed by atoms with Gasteiger partial charge in [-0.15, -0.1) is 0 Å². The predicted molar refractivity (Wildman–Crippen MR) is 43.3 cm³/mol. The molecule has 1 radical (unpaired) electrons. The highest BCUT2D eigenvalue weighted by molar-refractivity contribution is 5.95. The number of hydrogen-bond acceptors (Lipinski definition) is 2. The Morgan fingerprint density at radius 3 is 3.17 bits per heavy atom. The molecule has 1 aromatic rings. The van der Waals surface area contributed by atoms with Gasteiger partial charge in [0, 0.05) is 0 Å². The first-order valence-corrected chi connectivity index (χ1v) is 3.54. The van der Waals surface area contributed by atoms with Crippen molar-refractivity contribution in [2.24, 2.45) is 0 Å². The minimum atomic E-state index is -0.173. The van der Waals surface area contributed by atoms with Crippen LogP contribution in [0.15, 0.2) is 18.2 Å². The fourth-order valence-corrected chi connectivity index (χ4v) is 1.08. The molecule has 0 aliphatic carbocycles. The van der Waals surface area contributed by atoms with E-state index in [1.807, 2.05) is 0 Å². The van der Waals surface area contributed by atoms with E-state index in [9.17, 15) is 4.79 Å². The molecule has 2 N–H and O–H groups in total. The van der Waals surface area contributed by atoms with Crippen LogP contribution in [0.2, 0.25) is 0 Å². The second-order valence-electron chi connectivity index (χ2n) is 2.55. The average molecular weight is 163 g/mol. The first kappa shape index (κ1) is 6.97. The molecule has 1 heterocycles. The number of amides is 1. The summed E-state index contributed by atoms with van der Waals surface area (Å²) in [7, 11) is 0. The normalized spacial score (nSPS) is 14.5. The number of benzene rings is 1. The van der Waals surface area contributed by atoms with Crippen LogP contribution in [0.25, 0.3) is 0 Å². The number of fused-ring (bicyclic) bond motifs is 1. The van der Waals surface area contributed by atoms with E-state index in [4.69, 9.17) is 10.5 Å². The minimum Gasteiger partial charge on any atom is -0.482 e. The lowest BCUT2D eigenvalue weighted by Gasteiger charge is -2.17. The van der Waals surface area contributed by atoms with Crippen LogP contribution in [0.1, 0.15) is 0 Å². The third kappa shape index (κ3) is 1.07. The number of anilines is 1. The summed E-state index contributed by atoms with van der Waals surface area (Å²) in [6, 6.07) is 4.86. The Hall–Kier alpha value is -1.71. The van der Waals surface area contributed by atoms with Crippen LogP contribution >= 0.6 is 0 Å². The Morgan fingerprint density at radius 2 is 2.33 bits per heavy atom. The van der Waals surface area contributed by atoms with Crippen molar-refractivity contribution in [3.63, 3.8) is 0 Å². The second kappa shape index (κ2) is 2.41. The standard InChI is InChI=1S/C8H7N2O2/c9-5-1-2-7-6(3-5)10-8(11)4-12-7/h1-3,9H,4H2,(H,10,11).